The normalized spacial score (nSPS) is 14.0. The smallest absolute Gasteiger partial charge is 0.273 e. The van der Waals surface area contributed by atoms with E-state index in [9.17, 15) is 10.1 Å². The molecule has 110 valence electrons. The Morgan fingerprint density at radius 3 is 3.00 bits per heavy atom. The van der Waals surface area contributed by atoms with Gasteiger partial charge in [0.15, 0.2) is 0 Å². The maximum Gasteiger partial charge on any atom is 0.273 e. The molecule has 1 N–H and O–H groups in total. The minimum atomic E-state index is -0.436. The molecule has 0 bridgehead atoms. The summed E-state index contributed by atoms with van der Waals surface area (Å²) < 4.78 is 7.38. The number of nitrogens with one attached hydrogen (secondary N) is 1. The van der Waals surface area contributed by atoms with Crippen molar-refractivity contribution < 1.29 is 9.66 Å². The molecule has 7 nitrogen and oxygen atoms in total. The summed E-state index contributed by atoms with van der Waals surface area (Å²) in [5, 5.41) is 14.0. The van der Waals surface area contributed by atoms with Crippen molar-refractivity contribution in [2.75, 3.05) is 12.4 Å². The van der Waals surface area contributed by atoms with E-state index in [-0.39, 0.29) is 5.69 Å². The van der Waals surface area contributed by atoms with Gasteiger partial charge < -0.3 is 14.6 Å². The Morgan fingerprint density at radius 2 is 2.33 bits per heavy atom. The summed E-state index contributed by atoms with van der Waals surface area (Å²) in [5.74, 6) is 0.460. The molecule has 0 saturated heterocycles. The Kier molecular flexibility index (Phi) is 3.47. The summed E-state index contributed by atoms with van der Waals surface area (Å²) in [6.45, 7) is 0.602. The van der Waals surface area contributed by atoms with E-state index in [0.29, 0.717) is 18.3 Å². The highest BCUT2D eigenvalue weighted by Gasteiger charge is 2.25. The molecule has 0 unspecified atom stereocenters. The lowest BCUT2D eigenvalue weighted by Gasteiger charge is -2.12. The number of anilines is 1. The number of methoxy groups -OCH3 is 1. The molecule has 0 amide bonds. The Labute approximate surface area is 121 Å². The second-order valence-electron chi connectivity index (χ2n) is 5.02. The Morgan fingerprint density at radius 1 is 1.52 bits per heavy atom. The molecule has 0 radical (unpaired) electrons. The monoisotopic (exact) mass is 288 g/mol. The lowest BCUT2D eigenvalue weighted by Crippen LogP contribution is -2.07. The number of hydrogen-bond acceptors (Lipinski definition) is 5. The van der Waals surface area contributed by atoms with Crippen LogP contribution in [0.15, 0.2) is 30.7 Å². The van der Waals surface area contributed by atoms with Crippen LogP contribution in [0, 0.1) is 10.1 Å². The van der Waals surface area contributed by atoms with Crippen LogP contribution in [-0.4, -0.2) is 21.6 Å². The Bertz CT molecular complexity index is 664. The van der Waals surface area contributed by atoms with Gasteiger partial charge in [-0.05, 0) is 18.9 Å². The van der Waals surface area contributed by atoms with E-state index in [4.69, 9.17) is 4.74 Å². The maximum absolute atomic E-state index is 10.8. The van der Waals surface area contributed by atoms with Crippen molar-refractivity contribution in [2.45, 2.75) is 25.4 Å². The van der Waals surface area contributed by atoms with Crippen molar-refractivity contribution in [2.24, 2.45) is 0 Å². The Hall–Kier alpha value is -2.57. The molecule has 1 aromatic heterocycles. The van der Waals surface area contributed by atoms with Crippen LogP contribution in [0.4, 0.5) is 11.4 Å². The second-order valence-corrected chi connectivity index (χ2v) is 5.02. The average Bonchev–Trinajstić information content (AvgIpc) is 3.23. The first-order valence-corrected chi connectivity index (χ1v) is 6.76. The molecular weight excluding hydrogens is 272 g/mol. The van der Waals surface area contributed by atoms with Gasteiger partial charge in [0.1, 0.15) is 5.75 Å². The van der Waals surface area contributed by atoms with Gasteiger partial charge in [-0.25, -0.2) is 4.98 Å². The van der Waals surface area contributed by atoms with E-state index >= 15 is 0 Å². The summed E-state index contributed by atoms with van der Waals surface area (Å²) in [4.78, 5) is 14.5. The molecule has 3 rings (SSSR count). The number of aromatic nitrogens is 2. The molecule has 1 saturated carbocycles. The summed E-state index contributed by atoms with van der Waals surface area (Å²) in [6, 6.07) is 5.11. The first kappa shape index (κ1) is 13.4. The highest BCUT2D eigenvalue weighted by Crippen LogP contribution is 2.36. The maximum atomic E-state index is 10.8. The molecule has 7 heteroatoms. The zero-order valence-electron chi connectivity index (χ0n) is 11.7. The Balaban J connectivity index is 1.75. The fourth-order valence-corrected chi connectivity index (χ4v) is 2.28. The van der Waals surface area contributed by atoms with Gasteiger partial charge in [-0.15, -0.1) is 0 Å². The number of non-ortho nitro benzene ring substituents is 1. The van der Waals surface area contributed by atoms with Crippen molar-refractivity contribution >= 4 is 11.4 Å². The topological polar surface area (TPSA) is 82.2 Å². The average molecular weight is 288 g/mol. The molecule has 1 heterocycles. The minimum Gasteiger partial charge on any atom is -0.494 e. The first-order valence-electron chi connectivity index (χ1n) is 6.76. The number of benzene rings is 1. The van der Waals surface area contributed by atoms with Crippen LogP contribution in [0.5, 0.6) is 5.75 Å². The highest BCUT2D eigenvalue weighted by molar-refractivity contribution is 5.60. The second kappa shape index (κ2) is 5.43. The summed E-state index contributed by atoms with van der Waals surface area (Å²) >= 11 is 0. The van der Waals surface area contributed by atoms with Crippen LogP contribution in [0.3, 0.4) is 0 Å². The molecule has 1 fully saturated rings. The van der Waals surface area contributed by atoms with Crippen LogP contribution in [0.2, 0.25) is 0 Å². The largest absolute Gasteiger partial charge is 0.494 e. The van der Waals surface area contributed by atoms with Crippen LogP contribution in [0.25, 0.3) is 0 Å². The molecule has 1 aromatic carbocycles. The molecule has 0 atom stereocenters. The summed E-state index contributed by atoms with van der Waals surface area (Å²) in [7, 11) is 1.50. The highest BCUT2D eigenvalue weighted by atomic mass is 16.6. The lowest BCUT2D eigenvalue weighted by atomic mass is 10.2. The zero-order valence-corrected chi connectivity index (χ0v) is 11.7. The van der Waals surface area contributed by atoms with Gasteiger partial charge in [-0.2, -0.15) is 0 Å². The predicted molar refractivity (Wildman–Crippen MR) is 77.5 cm³/mol. The zero-order chi connectivity index (χ0) is 14.8. The van der Waals surface area contributed by atoms with Crippen molar-refractivity contribution in [3.63, 3.8) is 0 Å². The SMILES string of the molecule is COc1cc([N+](=O)[O-])ccc1NCc1cncn1C1CC1. The van der Waals surface area contributed by atoms with Crippen molar-refractivity contribution in [3.8, 4) is 5.75 Å². The number of imidazole rings is 1. The molecule has 21 heavy (non-hydrogen) atoms. The molecule has 2 aromatic rings. The number of ether oxygens (including phenoxy) is 1. The van der Waals surface area contributed by atoms with Gasteiger partial charge in [0.25, 0.3) is 5.69 Å². The molecular formula is C14H16N4O3. The fourth-order valence-electron chi connectivity index (χ4n) is 2.28. The molecule has 1 aliphatic rings. The molecule has 0 spiro atoms. The van der Waals surface area contributed by atoms with Gasteiger partial charge >= 0.3 is 0 Å². The van der Waals surface area contributed by atoms with E-state index < -0.39 is 4.92 Å². The van der Waals surface area contributed by atoms with Gasteiger partial charge in [-0.1, -0.05) is 0 Å². The van der Waals surface area contributed by atoms with Crippen LogP contribution in [-0.2, 0) is 6.54 Å². The van der Waals surface area contributed by atoms with E-state index in [1.165, 1.54) is 32.1 Å². The molecule has 0 aliphatic heterocycles. The van der Waals surface area contributed by atoms with Crippen molar-refractivity contribution in [1.82, 2.24) is 9.55 Å². The summed E-state index contributed by atoms with van der Waals surface area (Å²) in [6.07, 6.45) is 6.08. The quantitative estimate of drug-likeness (QED) is 0.653. The number of nitrogens with zero attached hydrogens (tertiary/aromatic N) is 3. The van der Waals surface area contributed by atoms with E-state index in [1.807, 2.05) is 12.5 Å². The van der Waals surface area contributed by atoms with Crippen molar-refractivity contribution in [3.05, 3.63) is 46.5 Å². The molecule has 1 aliphatic carbocycles. The number of nitro benzene ring substituents is 1. The van der Waals surface area contributed by atoms with Crippen LogP contribution < -0.4 is 10.1 Å². The van der Waals surface area contributed by atoms with E-state index in [0.717, 1.165) is 11.4 Å². The van der Waals surface area contributed by atoms with Gasteiger partial charge in [0, 0.05) is 18.3 Å². The predicted octanol–water partition coefficient (Wildman–Crippen LogP) is 2.75. The first-order chi connectivity index (χ1) is 10.2. The van der Waals surface area contributed by atoms with Gasteiger partial charge in [-0.3, -0.25) is 10.1 Å². The van der Waals surface area contributed by atoms with Crippen LogP contribution >= 0.6 is 0 Å². The lowest BCUT2D eigenvalue weighted by molar-refractivity contribution is -0.384. The minimum absolute atomic E-state index is 0.0143. The fraction of sp³-hybridized carbons (Fsp3) is 0.357. The number of rotatable bonds is 6. The van der Waals surface area contributed by atoms with Gasteiger partial charge in [0.2, 0.25) is 0 Å². The third kappa shape index (κ3) is 2.81. The third-order valence-corrected chi connectivity index (χ3v) is 3.54. The van der Waals surface area contributed by atoms with Crippen LogP contribution in [0.1, 0.15) is 24.6 Å². The van der Waals surface area contributed by atoms with Gasteiger partial charge in [0.05, 0.1) is 42.4 Å². The number of hydrogen-bond donors (Lipinski definition) is 1. The third-order valence-electron chi connectivity index (χ3n) is 3.54. The van der Waals surface area contributed by atoms with E-state index in [2.05, 4.69) is 14.9 Å². The van der Waals surface area contributed by atoms with E-state index in [1.54, 1.807) is 6.07 Å². The standard InChI is InChI=1S/C14H16N4O3/c1-21-14-6-11(18(19)20)4-5-13(14)16-8-12-7-15-9-17(12)10-2-3-10/h4-7,9-10,16H,2-3,8H2,1H3. The van der Waals surface area contributed by atoms with Crippen molar-refractivity contribution in [1.29, 1.82) is 0 Å². The summed E-state index contributed by atoms with van der Waals surface area (Å²) in [5.41, 5.74) is 1.84. The number of nitro groups is 1.